The van der Waals surface area contributed by atoms with E-state index in [1.54, 1.807) is 12.4 Å². The number of aromatic nitrogens is 1. The molecule has 1 heterocycles. The van der Waals surface area contributed by atoms with Gasteiger partial charge in [-0.2, -0.15) is 0 Å². The summed E-state index contributed by atoms with van der Waals surface area (Å²) in [7, 11) is 0. The Labute approximate surface area is 111 Å². The monoisotopic (exact) mass is 264 g/mol. The zero-order chi connectivity index (χ0) is 14.3. The maximum atomic E-state index is 11.3. The van der Waals surface area contributed by atoms with Crippen molar-refractivity contribution >= 4 is 12.1 Å². The molecule has 102 valence electrons. The first kappa shape index (κ1) is 14.7. The van der Waals surface area contributed by atoms with Crippen LogP contribution in [0.2, 0.25) is 0 Å². The van der Waals surface area contributed by atoms with Gasteiger partial charge in [-0.1, -0.05) is 18.7 Å². The molecule has 0 aromatic carbocycles. The molecule has 0 saturated heterocycles. The molecule has 19 heavy (non-hydrogen) atoms. The van der Waals surface area contributed by atoms with Crippen molar-refractivity contribution in [3.05, 3.63) is 42.2 Å². The quantitative estimate of drug-likeness (QED) is 0.756. The third-order valence-corrected chi connectivity index (χ3v) is 2.29. The fraction of sp³-hybridized carbons (Fsp3) is 0.308. The number of carbonyl (C=O) groups excluding carboxylic acids is 1. The normalized spacial score (nSPS) is 11.4. The van der Waals surface area contributed by atoms with Crippen LogP contribution in [0.1, 0.15) is 11.1 Å². The summed E-state index contributed by atoms with van der Waals surface area (Å²) in [6.07, 6.45) is 4.01. The molecule has 6 nitrogen and oxygen atoms in total. The molecular weight excluding hydrogens is 248 g/mol. The molecule has 1 aromatic heterocycles. The fourth-order valence-electron chi connectivity index (χ4n) is 1.48. The molecule has 1 aromatic rings. The van der Waals surface area contributed by atoms with E-state index >= 15 is 0 Å². The average molecular weight is 264 g/mol. The van der Waals surface area contributed by atoms with E-state index in [0.717, 1.165) is 11.1 Å². The number of hydrogen-bond acceptors (Lipinski definition) is 4. The van der Waals surface area contributed by atoms with Crippen molar-refractivity contribution in [2.45, 2.75) is 19.4 Å². The van der Waals surface area contributed by atoms with Crippen LogP contribution in [0.4, 0.5) is 4.79 Å². The number of nitrogens with zero attached hydrogens (tertiary/aromatic N) is 1. The minimum atomic E-state index is -1.13. The van der Waals surface area contributed by atoms with E-state index in [0.29, 0.717) is 0 Å². The highest BCUT2D eigenvalue weighted by atomic mass is 16.5. The van der Waals surface area contributed by atoms with Gasteiger partial charge in [0.15, 0.2) is 0 Å². The third-order valence-electron chi connectivity index (χ3n) is 2.29. The summed E-state index contributed by atoms with van der Waals surface area (Å²) >= 11 is 0. The Bertz CT molecular complexity index is 473. The highest BCUT2D eigenvalue weighted by molar-refractivity contribution is 5.80. The van der Waals surface area contributed by atoms with Gasteiger partial charge in [0, 0.05) is 18.8 Å². The van der Waals surface area contributed by atoms with Gasteiger partial charge in [0.25, 0.3) is 0 Å². The van der Waals surface area contributed by atoms with Crippen LogP contribution in [-0.4, -0.2) is 34.8 Å². The van der Waals surface area contributed by atoms with E-state index in [1.807, 2.05) is 13.0 Å². The van der Waals surface area contributed by atoms with Gasteiger partial charge < -0.3 is 15.2 Å². The van der Waals surface area contributed by atoms with Gasteiger partial charge in [0.1, 0.15) is 12.6 Å². The van der Waals surface area contributed by atoms with Crippen molar-refractivity contribution in [2.75, 3.05) is 6.61 Å². The first-order valence-corrected chi connectivity index (χ1v) is 5.70. The van der Waals surface area contributed by atoms with Crippen molar-refractivity contribution in [2.24, 2.45) is 0 Å². The predicted molar refractivity (Wildman–Crippen MR) is 68.8 cm³/mol. The van der Waals surface area contributed by atoms with Crippen LogP contribution in [0.3, 0.4) is 0 Å². The van der Waals surface area contributed by atoms with Gasteiger partial charge in [-0.15, -0.1) is 0 Å². The van der Waals surface area contributed by atoms with Crippen molar-refractivity contribution in [3.63, 3.8) is 0 Å². The summed E-state index contributed by atoms with van der Waals surface area (Å²) < 4.78 is 4.69. The number of alkyl carbamates (subject to hydrolysis) is 1. The van der Waals surface area contributed by atoms with Crippen LogP contribution in [0, 0.1) is 6.92 Å². The summed E-state index contributed by atoms with van der Waals surface area (Å²) in [4.78, 5) is 26.4. The number of pyridine rings is 1. The number of rotatable bonds is 6. The number of nitrogens with one attached hydrogen (secondary N) is 1. The summed E-state index contributed by atoms with van der Waals surface area (Å²) in [5.41, 5.74) is 1.66. The molecule has 0 fully saturated rings. The molecule has 0 aliphatic rings. The van der Waals surface area contributed by atoms with Crippen molar-refractivity contribution in [3.8, 4) is 0 Å². The van der Waals surface area contributed by atoms with Crippen molar-refractivity contribution in [1.82, 2.24) is 10.3 Å². The molecule has 0 radical (unpaired) electrons. The molecule has 0 aliphatic carbocycles. The van der Waals surface area contributed by atoms with Gasteiger partial charge in [-0.05, 0) is 18.1 Å². The Morgan fingerprint density at radius 3 is 2.89 bits per heavy atom. The van der Waals surface area contributed by atoms with E-state index in [4.69, 9.17) is 5.11 Å². The molecule has 1 amide bonds. The fourth-order valence-corrected chi connectivity index (χ4v) is 1.48. The summed E-state index contributed by atoms with van der Waals surface area (Å²) in [6, 6.07) is 0.764. The number of carboxylic acid groups (broad SMARTS) is 1. The minimum Gasteiger partial charge on any atom is -0.480 e. The Morgan fingerprint density at radius 1 is 1.58 bits per heavy atom. The number of aliphatic carboxylic acids is 1. The lowest BCUT2D eigenvalue weighted by atomic mass is 10.1. The van der Waals surface area contributed by atoms with E-state index < -0.39 is 18.1 Å². The van der Waals surface area contributed by atoms with Crippen LogP contribution in [0.25, 0.3) is 0 Å². The summed E-state index contributed by atoms with van der Waals surface area (Å²) in [5, 5.41) is 11.4. The average Bonchev–Trinajstić information content (AvgIpc) is 2.35. The highest BCUT2D eigenvalue weighted by Crippen LogP contribution is 2.05. The topological polar surface area (TPSA) is 88.5 Å². The SMILES string of the molecule is C=CCOC(=O)NC(Cc1cncc(C)c1)C(=O)O. The van der Waals surface area contributed by atoms with Crippen LogP contribution in [0.5, 0.6) is 0 Å². The number of carbonyl (C=O) groups is 2. The Hall–Kier alpha value is -2.37. The Balaban J connectivity index is 2.65. The lowest BCUT2D eigenvalue weighted by molar-refractivity contribution is -0.139. The zero-order valence-electron chi connectivity index (χ0n) is 10.6. The Morgan fingerprint density at radius 2 is 2.32 bits per heavy atom. The number of carboxylic acids is 1. The first-order valence-electron chi connectivity index (χ1n) is 5.70. The largest absolute Gasteiger partial charge is 0.480 e. The number of ether oxygens (including phenoxy) is 1. The lowest BCUT2D eigenvalue weighted by Crippen LogP contribution is -2.42. The van der Waals surface area contributed by atoms with Gasteiger partial charge in [-0.3, -0.25) is 4.98 Å². The zero-order valence-corrected chi connectivity index (χ0v) is 10.6. The van der Waals surface area contributed by atoms with E-state index in [-0.39, 0.29) is 13.0 Å². The third kappa shape index (κ3) is 5.20. The second-order valence-electron chi connectivity index (χ2n) is 4.00. The highest BCUT2D eigenvalue weighted by Gasteiger charge is 2.21. The molecule has 0 aliphatic heterocycles. The summed E-state index contributed by atoms with van der Waals surface area (Å²) in [5.74, 6) is -1.13. The molecule has 6 heteroatoms. The minimum absolute atomic E-state index is 0.0319. The summed E-state index contributed by atoms with van der Waals surface area (Å²) in [6.45, 7) is 5.29. The molecule has 0 spiro atoms. The van der Waals surface area contributed by atoms with E-state index in [2.05, 4.69) is 21.6 Å². The molecule has 1 atom stereocenters. The molecule has 0 bridgehead atoms. The number of aryl methyl sites for hydroxylation is 1. The van der Waals surface area contributed by atoms with Crippen LogP contribution < -0.4 is 5.32 Å². The molecular formula is C13H16N2O4. The van der Waals surface area contributed by atoms with Crippen LogP contribution in [-0.2, 0) is 16.0 Å². The van der Waals surface area contributed by atoms with Crippen LogP contribution in [0.15, 0.2) is 31.1 Å². The maximum Gasteiger partial charge on any atom is 0.408 e. The van der Waals surface area contributed by atoms with Crippen molar-refractivity contribution in [1.29, 1.82) is 0 Å². The smallest absolute Gasteiger partial charge is 0.408 e. The molecule has 0 saturated carbocycles. The van der Waals surface area contributed by atoms with Gasteiger partial charge >= 0.3 is 12.1 Å². The number of hydrogen-bond donors (Lipinski definition) is 2. The van der Waals surface area contributed by atoms with Gasteiger partial charge in [0.2, 0.25) is 0 Å². The predicted octanol–water partition coefficient (Wildman–Crippen LogP) is 1.30. The van der Waals surface area contributed by atoms with Crippen LogP contribution >= 0.6 is 0 Å². The van der Waals surface area contributed by atoms with Gasteiger partial charge in [0.05, 0.1) is 0 Å². The van der Waals surface area contributed by atoms with E-state index in [9.17, 15) is 9.59 Å². The first-order chi connectivity index (χ1) is 9.02. The molecule has 1 rings (SSSR count). The number of amides is 1. The van der Waals surface area contributed by atoms with Gasteiger partial charge in [-0.25, -0.2) is 9.59 Å². The van der Waals surface area contributed by atoms with Crippen molar-refractivity contribution < 1.29 is 19.4 Å². The second-order valence-corrected chi connectivity index (χ2v) is 4.00. The van der Waals surface area contributed by atoms with E-state index in [1.165, 1.54) is 6.08 Å². The molecule has 1 unspecified atom stereocenters. The standard InChI is InChI=1S/C13H16N2O4/c1-3-4-19-13(18)15-11(12(16)17)6-10-5-9(2)7-14-8-10/h3,5,7-8,11H,1,4,6H2,2H3,(H,15,18)(H,16,17). The maximum absolute atomic E-state index is 11.3. The lowest BCUT2D eigenvalue weighted by Gasteiger charge is -2.14. The molecule has 2 N–H and O–H groups in total. The Kier molecular flexibility index (Phi) is 5.53. The second kappa shape index (κ2) is 7.15.